The van der Waals surface area contributed by atoms with Crippen molar-refractivity contribution in [3.8, 4) is 5.75 Å². The normalized spacial score (nSPS) is 12.7. The number of aromatic hydroxyl groups is 1. The second kappa shape index (κ2) is 10.9. The molecule has 6 rings (SSSR count). The molecule has 0 amide bonds. The molecule has 226 valence electrons. The lowest BCUT2D eigenvalue weighted by Crippen LogP contribution is -1.99. The van der Waals surface area contributed by atoms with Crippen molar-refractivity contribution >= 4 is 86.7 Å². The molecule has 45 heavy (non-hydrogen) atoms. The van der Waals surface area contributed by atoms with Gasteiger partial charge in [-0.3, -0.25) is 9.11 Å². The number of fused-ring (bicyclic) bond motifs is 3. The van der Waals surface area contributed by atoms with Gasteiger partial charge in [-0.1, -0.05) is 36.4 Å². The Balaban J connectivity index is 1.45. The second-order valence-corrected chi connectivity index (χ2v) is 12.7. The summed E-state index contributed by atoms with van der Waals surface area (Å²) in [6.07, 6.45) is 0. The minimum atomic E-state index is -4.80. The first-order valence-electron chi connectivity index (χ1n) is 13.0. The number of phenols is 1. The highest BCUT2D eigenvalue weighted by Crippen LogP contribution is 2.43. The SMILES string of the molecule is Nc1ccc2cc(S(=O)(=O)O)c(N=Nc3ccc(N=Nc4ccc(N)c5ccc(S(=O)(=O)O)cc45)c4ccccc34)c(O)c2c1. The summed E-state index contributed by atoms with van der Waals surface area (Å²) >= 11 is 0. The molecule has 0 atom stereocenters. The van der Waals surface area contributed by atoms with E-state index in [1.165, 1.54) is 42.5 Å². The fraction of sp³-hybridized carbons (Fsp3) is 0. The molecular formula is C30H22N6O7S2. The van der Waals surface area contributed by atoms with E-state index in [-0.39, 0.29) is 16.0 Å². The van der Waals surface area contributed by atoms with E-state index in [1.807, 2.05) is 0 Å². The molecule has 6 aromatic rings. The number of azo groups is 2. The predicted molar refractivity (Wildman–Crippen MR) is 170 cm³/mol. The van der Waals surface area contributed by atoms with Gasteiger partial charge in [-0.15, -0.1) is 20.5 Å². The fourth-order valence-electron chi connectivity index (χ4n) is 4.89. The molecule has 6 aromatic carbocycles. The van der Waals surface area contributed by atoms with E-state index in [4.69, 9.17) is 11.5 Å². The second-order valence-electron chi connectivity index (χ2n) is 9.93. The Morgan fingerprint density at radius 2 is 1.16 bits per heavy atom. The first kappa shape index (κ1) is 29.6. The Morgan fingerprint density at radius 3 is 1.78 bits per heavy atom. The maximum absolute atomic E-state index is 12.2. The average molecular weight is 643 g/mol. The third-order valence-electron chi connectivity index (χ3n) is 7.05. The average Bonchev–Trinajstić information content (AvgIpc) is 2.99. The van der Waals surface area contributed by atoms with Gasteiger partial charge in [-0.25, -0.2) is 0 Å². The van der Waals surface area contributed by atoms with Crippen LogP contribution in [0.5, 0.6) is 5.75 Å². The van der Waals surface area contributed by atoms with Crippen LogP contribution in [-0.4, -0.2) is 31.0 Å². The van der Waals surface area contributed by atoms with Crippen molar-refractivity contribution < 1.29 is 31.0 Å². The maximum Gasteiger partial charge on any atom is 0.296 e. The number of rotatable bonds is 6. The Hall–Kier alpha value is -5.48. The van der Waals surface area contributed by atoms with Crippen LogP contribution in [0.15, 0.2) is 121 Å². The van der Waals surface area contributed by atoms with Gasteiger partial charge in [0.05, 0.1) is 22.0 Å². The lowest BCUT2D eigenvalue weighted by molar-refractivity contribution is 0.472. The zero-order valence-corrected chi connectivity index (χ0v) is 24.5. The van der Waals surface area contributed by atoms with E-state index < -0.39 is 36.6 Å². The summed E-state index contributed by atoms with van der Waals surface area (Å²) in [5.74, 6) is -0.529. The molecular weight excluding hydrogens is 620 g/mol. The van der Waals surface area contributed by atoms with Gasteiger partial charge < -0.3 is 16.6 Å². The molecule has 0 aliphatic rings. The summed E-state index contributed by atoms with van der Waals surface area (Å²) in [6.45, 7) is 0. The van der Waals surface area contributed by atoms with E-state index in [9.17, 15) is 31.0 Å². The zero-order valence-electron chi connectivity index (χ0n) is 22.9. The highest BCUT2D eigenvalue weighted by Gasteiger charge is 2.22. The third-order valence-corrected chi connectivity index (χ3v) is 8.77. The Morgan fingerprint density at radius 1 is 0.556 bits per heavy atom. The van der Waals surface area contributed by atoms with Crippen LogP contribution in [0.25, 0.3) is 32.3 Å². The summed E-state index contributed by atoms with van der Waals surface area (Å²) in [4.78, 5) is -0.959. The number of anilines is 2. The minimum absolute atomic E-state index is 0.218. The number of nitrogens with two attached hydrogens (primary N) is 2. The van der Waals surface area contributed by atoms with Crippen LogP contribution in [-0.2, 0) is 20.2 Å². The number of benzene rings is 6. The first-order chi connectivity index (χ1) is 21.3. The van der Waals surface area contributed by atoms with Crippen LogP contribution in [0, 0.1) is 0 Å². The van der Waals surface area contributed by atoms with Crippen molar-refractivity contribution in [2.24, 2.45) is 20.5 Å². The highest BCUT2D eigenvalue weighted by atomic mass is 32.2. The number of hydrogen-bond donors (Lipinski definition) is 5. The maximum atomic E-state index is 12.2. The van der Waals surface area contributed by atoms with Gasteiger partial charge in [0.2, 0.25) is 0 Å². The quantitative estimate of drug-likeness (QED) is 0.0693. The molecule has 0 radical (unpaired) electrons. The van der Waals surface area contributed by atoms with Gasteiger partial charge in [0, 0.05) is 38.3 Å². The van der Waals surface area contributed by atoms with Crippen molar-refractivity contribution in [3.63, 3.8) is 0 Å². The molecule has 0 fully saturated rings. The van der Waals surface area contributed by atoms with Gasteiger partial charge in [0.25, 0.3) is 20.2 Å². The number of hydrogen-bond acceptors (Lipinski definition) is 11. The fourth-order valence-corrected chi connectivity index (χ4v) is 6.05. The van der Waals surface area contributed by atoms with Crippen molar-refractivity contribution in [1.82, 2.24) is 0 Å². The molecule has 0 aliphatic carbocycles. The summed E-state index contributed by atoms with van der Waals surface area (Å²) in [5.41, 5.74) is 13.1. The van der Waals surface area contributed by atoms with Crippen LogP contribution in [0.2, 0.25) is 0 Å². The highest BCUT2D eigenvalue weighted by molar-refractivity contribution is 7.86. The molecule has 0 saturated carbocycles. The van der Waals surface area contributed by atoms with E-state index >= 15 is 0 Å². The van der Waals surface area contributed by atoms with E-state index in [1.54, 1.807) is 48.5 Å². The standard InChI is InChI=1S/C30H22N6O7S2/c31-17-6-5-16-13-28(45(41,42)43)29(30(37)22(16)14-17)36-35-26-12-11-25(20-3-1-2-4-21(20)26)33-34-27-10-9-24(32)19-8-7-18(15-23(19)27)44(38,39)40/h1-15,37H,31-32H2,(H,38,39,40)(H,41,42,43). The predicted octanol–water partition coefficient (Wildman–Crippen LogP) is 7.34. The third kappa shape index (κ3) is 5.63. The number of nitrogens with zero attached hydrogens (tertiary/aromatic N) is 4. The first-order valence-corrected chi connectivity index (χ1v) is 15.9. The monoisotopic (exact) mass is 642 g/mol. The largest absolute Gasteiger partial charge is 0.505 e. The summed E-state index contributed by atoms with van der Waals surface area (Å²) in [5, 5.41) is 30.4. The summed E-state index contributed by atoms with van der Waals surface area (Å²) in [6, 6.07) is 22.9. The van der Waals surface area contributed by atoms with Crippen LogP contribution < -0.4 is 11.5 Å². The van der Waals surface area contributed by atoms with Crippen molar-refractivity contribution in [1.29, 1.82) is 0 Å². The minimum Gasteiger partial charge on any atom is -0.505 e. The Bertz CT molecular complexity index is 2480. The molecule has 15 heteroatoms. The van der Waals surface area contributed by atoms with Gasteiger partial charge >= 0.3 is 0 Å². The number of nitrogen functional groups attached to an aromatic ring is 2. The molecule has 0 aliphatic heterocycles. The van der Waals surface area contributed by atoms with Gasteiger partial charge in [-0.2, -0.15) is 16.8 Å². The van der Waals surface area contributed by atoms with E-state index in [0.717, 1.165) is 0 Å². The smallest absolute Gasteiger partial charge is 0.296 e. The molecule has 7 N–H and O–H groups in total. The lowest BCUT2D eigenvalue weighted by Gasteiger charge is -2.10. The number of phenolic OH excluding ortho intramolecular Hbond substituents is 1. The van der Waals surface area contributed by atoms with Crippen LogP contribution in [0.4, 0.5) is 34.1 Å². The van der Waals surface area contributed by atoms with Crippen LogP contribution in [0.1, 0.15) is 0 Å². The molecule has 0 unspecified atom stereocenters. The van der Waals surface area contributed by atoms with Gasteiger partial charge in [0.15, 0.2) is 5.75 Å². The van der Waals surface area contributed by atoms with Crippen LogP contribution in [0.3, 0.4) is 0 Å². The summed E-state index contributed by atoms with van der Waals surface area (Å²) < 4.78 is 67.2. The van der Waals surface area contributed by atoms with Crippen molar-refractivity contribution in [2.75, 3.05) is 11.5 Å². The van der Waals surface area contributed by atoms with E-state index in [0.29, 0.717) is 49.7 Å². The van der Waals surface area contributed by atoms with Crippen LogP contribution >= 0.6 is 0 Å². The lowest BCUT2D eigenvalue weighted by atomic mass is 10.1. The molecule has 0 bridgehead atoms. The molecule has 0 heterocycles. The molecule has 0 aromatic heterocycles. The topological polar surface area (TPSA) is 230 Å². The Labute approximate surface area is 255 Å². The molecule has 13 nitrogen and oxygen atoms in total. The van der Waals surface area contributed by atoms with Crippen molar-refractivity contribution in [2.45, 2.75) is 9.79 Å². The summed E-state index contributed by atoms with van der Waals surface area (Å²) in [7, 11) is -9.28. The van der Waals surface area contributed by atoms with E-state index in [2.05, 4.69) is 20.5 Å². The zero-order chi connectivity index (χ0) is 32.1. The molecule has 0 spiro atoms. The van der Waals surface area contributed by atoms with Gasteiger partial charge in [-0.05, 0) is 60.0 Å². The Kier molecular flexibility index (Phi) is 7.17. The van der Waals surface area contributed by atoms with Crippen molar-refractivity contribution in [3.05, 3.63) is 91.0 Å². The van der Waals surface area contributed by atoms with Gasteiger partial charge in [0.1, 0.15) is 10.6 Å². The molecule has 0 saturated heterocycles.